The Morgan fingerprint density at radius 3 is 2.48 bits per heavy atom. The van der Waals surface area contributed by atoms with Crippen molar-refractivity contribution in [2.75, 3.05) is 23.8 Å². The Kier molecular flexibility index (Phi) is 8.96. The Morgan fingerprint density at radius 1 is 1.00 bits per heavy atom. The largest absolute Gasteiger partial charge is 0.394 e. The van der Waals surface area contributed by atoms with Crippen molar-refractivity contribution in [2.24, 2.45) is 11.7 Å². The molecule has 0 spiro atoms. The predicted molar refractivity (Wildman–Crippen MR) is 163 cm³/mol. The molecule has 3 atom stereocenters. The van der Waals surface area contributed by atoms with Crippen LogP contribution in [0.4, 0.5) is 11.4 Å². The Hall–Kier alpha value is -3.73. The number of aryl methyl sites for hydroxylation is 1. The number of nitrogens with zero attached hydrogens (tertiary/aromatic N) is 1. The molecule has 0 saturated carbocycles. The maximum absolute atomic E-state index is 13.8. The third-order valence-electron chi connectivity index (χ3n) is 8.26. The zero-order valence-electron chi connectivity index (χ0n) is 23.8. The smallest absolute Gasteiger partial charge is 0.243 e. The highest BCUT2D eigenvalue weighted by atomic mass is 32.2. The lowest BCUT2D eigenvalue weighted by Gasteiger charge is -2.39. The van der Waals surface area contributed by atoms with Gasteiger partial charge < -0.3 is 21.5 Å². The average Bonchev–Trinajstić information content (AvgIpc) is 3.43. The van der Waals surface area contributed by atoms with E-state index in [-0.39, 0.29) is 35.3 Å². The van der Waals surface area contributed by atoms with Crippen LogP contribution in [-0.4, -0.2) is 48.8 Å². The van der Waals surface area contributed by atoms with Gasteiger partial charge in [-0.05, 0) is 79.3 Å². The molecular formula is C32H38N4O5S. The fraction of sp³-hybridized carbons (Fsp3) is 0.375. The van der Waals surface area contributed by atoms with Crippen LogP contribution in [0.1, 0.15) is 55.7 Å². The summed E-state index contributed by atoms with van der Waals surface area (Å²) in [5.74, 6) is -0.500. The first-order valence-electron chi connectivity index (χ1n) is 14.5. The minimum absolute atomic E-state index is 0.0773. The van der Waals surface area contributed by atoms with Gasteiger partial charge in [0.2, 0.25) is 21.8 Å². The van der Waals surface area contributed by atoms with Crippen molar-refractivity contribution in [3.05, 3.63) is 77.9 Å². The molecule has 222 valence electrons. The fourth-order valence-corrected chi connectivity index (χ4v) is 7.74. The lowest BCUT2D eigenvalue weighted by Crippen LogP contribution is -2.42. The van der Waals surface area contributed by atoms with Crippen molar-refractivity contribution in [1.29, 1.82) is 0 Å². The van der Waals surface area contributed by atoms with Crippen LogP contribution in [0.5, 0.6) is 0 Å². The average molecular weight is 591 g/mol. The molecule has 0 aliphatic carbocycles. The zero-order valence-corrected chi connectivity index (χ0v) is 24.6. The molecule has 0 bridgehead atoms. The van der Waals surface area contributed by atoms with E-state index in [1.165, 1.54) is 0 Å². The number of unbranched alkanes of at least 4 members (excludes halogenated alkanes) is 2. The molecule has 9 nitrogen and oxygen atoms in total. The van der Waals surface area contributed by atoms with Gasteiger partial charge in [-0.3, -0.25) is 9.59 Å². The number of anilines is 2. The van der Waals surface area contributed by atoms with Crippen LogP contribution in [0.2, 0.25) is 0 Å². The Morgan fingerprint density at radius 2 is 1.74 bits per heavy atom. The summed E-state index contributed by atoms with van der Waals surface area (Å²) >= 11 is 0. The van der Waals surface area contributed by atoms with Crippen LogP contribution in [0, 0.1) is 12.8 Å². The summed E-state index contributed by atoms with van der Waals surface area (Å²) in [5.41, 5.74) is 10.3. The maximum atomic E-state index is 13.8. The summed E-state index contributed by atoms with van der Waals surface area (Å²) in [4.78, 5) is 23.6. The Bertz CT molecular complexity index is 1560. The van der Waals surface area contributed by atoms with Gasteiger partial charge in [0.15, 0.2) is 0 Å². The van der Waals surface area contributed by atoms with E-state index in [0.717, 1.165) is 34.4 Å². The summed E-state index contributed by atoms with van der Waals surface area (Å²) < 4.78 is 29.3. The minimum atomic E-state index is -3.76. The molecule has 5 rings (SSSR count). The number of nitrogens with two attached hydrogens (primary N) is 1. The number of hydrogen-bond acceptors (Lipinski definition) is 6. The molecule has 3 aromatic carbocycles. The molecule has 5 N–H and O–H groups in total. The van der Waals surface area contributed by atoms with Crippen molar-refractivity contribution < 1.29 is 23.1 Å². The van der Waals surface area contributed by atoms with Gasteiger partial charge >= 0.3 is 0 Å². The number of benzene rings is 3. The number of aliphatic hydroxyl groups excluding tert-OH is 1. The van der Waals surface area contributed by atoms with E-state index in [1.807, 2.05) is 49.4 Å². The van der Waals surface area contributed by atoms with Crippen LogP contribution in [0.3, 0.4) is 0 Å². The van der Waals surface area contributed by atoms with E-state index in [1.54, 1.807) is 28.6 Å². The Balaban J connectivity index is 1.39. The number of hydrogen-bond donors (Lipinski definition) is 4. The lowest BCUT2D eigenvalue weighted by atomic mass is 9.82. The first-order valence-corrected chi connectivity index (χ1v) is 15.9. The topological polar surface area (TPSA) is 142 Å². The zero-order chi connectivity index (χ0) is 29.9. The van der Waals surface area contributed by atoms with Crippen molar-refractivity contribution in [3.8, 4) is 11.1 Å². The summed E-state index contributed by atoms with van der Waals surface area (Å²) in [5, 5.41) is 16.5. The minimum Gasteiger partial charge on any atom is -0.394 e. The van der Waals surface area contributed by atoms with Crippen LogP contribution in [0.15, 0.2) is 71.6 Å². The van der Waals surface area contributed by atoms with Gasteiger partial charge in [-0.2, -0.15) is 4.31 Å². The summed E-state index contributed by atoms with van der Waals surface area (Å²) in [6.45, 7) is 2.21. The molecule has 0 aromatic heterocycles. The van der Waals surface area contributed by atoms with E-state index in [4.69, 9.17) is 5.73 Å². The summed E-state index contributed by atoms with van der Waals surface area (Å²) in [6.07, 6.45) is 3.44. The van der Waals surface area contributed by atoms with Crippen LogP contribution in [-0.2, 0) is 19.6 Å². The van der Waals surface area contributed by atoms with Gasteiger partial charge in [0.05, 0.1) is 23.6 Å². The third-order valence-corrected chi connectivity index (χ3v) is 10.2. The van der Waals surface area contributed by atoms with Gasteiger partial charge in [0.1, 0.15) is 0 Å². The van der Waals surface area contributed by atoms with E-state index in [0.29, 0.717) is 44.3 Å². The van der Waals surface area contributed by atoms with Crippen molar-refractivity contribution in [3.63, 3.8) is 0 Å². The van der Waals surface area contributed by atoms with Gasteiger partial charge in [-0.15, -0.1) is 0 Å². The molecule has 42 heavy (non-hydrogen) atoms. The monoisotopic (exact) mass is 590 g/mol. The molecule has 2 amide bonds. The van der Waals surface area contributed by atoms with Gasteiger partial charge in [0.25, 0.3) is 0 Å². The summed E-state index contributed by atoms with van der Waals surface area (Å²) in [7, 11) is -3.76. The number of fused-ring (bicyclic) bond motifs is 3. The SMILES string of the molecule is Cc1ccc(S(=O)(=O)N2CC[C@@H]3[C@H](CO)Nc4ccc(-c5cccc(NC(=O)CCCCCC(N)=O)c5)cc4[C@@H]32)cc1. The second kappa shape index (κ2) is 12.6. The van der Waals surface area contributed by atoms with E-state index in [9.17, 15) is 23.1 Å². The first-order chi connectivity index (χ1) is 20.2. The number of aliphatic hydroxyl groups is 1. The fourth-order valence-electron chi connectivity index (χ4n) is 6.08. The molecule has 0 radical (unpaired) electrons. The summed E-state index contributed by atoms with van der Waals surface area (Å²) in [6, 6.07) is 19.8. The number of carbonyl (C=O) groups excluding carboxylic acids is 2. The molecule has 1 saturated heterocycles. The molecule has 3 aromatic rings. The third kappa shape index (κ3) is 6.35. The van der Waals surface area contributed by atoms with Crippen LogP contribution >= 0.6 is 0 Å². The Labute approximate surface area is 247 Å². The van der Waals surface area contributed by atoms with Gasteiger partial charge in [0, 0.05) is 36.7 Å². The van der Waals surface area contributed by atoms with E-state index in [2.05, 4.69) is 10.6 Å². The number of sulfonamides is 1. The van der Waals surface area contributed by atoms with Crippen LogP contribution < -0.4 is 16.4 Å². The predicted octanol–water partition coefficient (Wildman–Crippen LogP) is 4.57. The maximum Gasteiger partial charge on any atom is 0.243 e. The quantitative estimate of drug-likeness (QED) is 0.241. The van der Waals surface area contributed by atoms with Crippen LogP contribution in [0.25, 0.3) is 11.1 Å². The molecular weight excluding hydrogens is 552 g/mol. The lowest BCUT2D eigenvalue weighted by molar-refractivity contribution is -0.118. The highest BCUT2D eigenvalue weighted by molar-refractivity contribution is 7.89. The number of nitrogens with one attached hydrogen (secondary N) is 2. The number of carbonyl (C=O) groups is 2. The molecule has 0 unspecified atom stereocenters. The molecule has 2 aliphatic heterocycles. The molecule has 2 heterocycles. The van der Waals surface area contributed by atoms with Gasteiger partial charge in [-0.25, -0.2) is 8.42 Å². The second-order valence-electron chi connectivity index (χ2n) is 11.2. The number of amides is 2. The standard InChI is InChI=1S/C32H38N4O5S/c1-21-10-13-25(14-11-21)42(40,41)36-17-16-26-29(20-37)35-28-15-12-23(19-27(28)32(26)36)22-6-5-7-24(18-22)34-31(39)9-4-2-3-8-30(33)38/h5-7,10-15,18-19,26,29,32,35,37H,2-4,8-9,16-17,20H2,1H3,(H2,33,38)(H,34,39)/t26-,29+,32-/m1/s1. The normalized spacial score (nSPS) is 19.9. The van der Waals surface area contributed by atoms with Crippen molar-refractivity contribution >= 4 is 33.2 Å². The van der Waals surface area contributed by atoms with Crippen molar-refractivity contribution in [1.82, 2.24) is 4.31 Å². The number of primary amides is 1. The van der Waals surface area contributed by atoms with E-state index < -0.39 is 16.1 Å². The number of rotatable bonds is 11. The molecule has 2 aliphatic rings. The highest BCUT2D eigenvalue weighted by Crippen LogP contribution is 2.49. The van der Waals surface area contributed by atoms with Crippen molar-refractivity contribution in [2.45, 2.75) is 62.4 Å². The highest BCUT2D eigenvalue weighted by Gasteiger charge is 2.48. The van der Waals surface area contributed by atoms with Gasteiger partial charge in [-0.1, -0.05) is 42.3 Å². The molecule has 1 fully saturated rings. The second-order valence-corrected chi connectivity index (χ2v) is 13.1. The molecule has 10 heteroatoms. The first kappa shape index (κ1) is 29.8. The van der Waals surface area contributed by atoms with E-state index >= 15 is 0 Å².